The average Bonchev–Trinajstić information content (AvgIpc) is 2.77. The highest BCUT2D eigenvalue weighted by Crippen LogP contribution is 2.50. The van der Waals surface area contributed by atoms with Gasteiger partial charge in [0.1, 0.15) is 11.6 Å². The highest BCUT2D eigenvalue weighted by molar-refractivity contribution is 5.77. The predicted octanol–water partition coefficient (Wildman–Crippen LogP) is 4.99. The number of para-hydroxylation sites is 1. The Balaban J connectivity index is 1.89. The van der Waals surface area contributed by atoms with Crippen molar-refractivity contribution in [2.45, 2.75) is 24.4 Å². The fourth-order valence-corrected chi connectivity index (χ4v) is 3.75. The summed E-state index contributed by atoms with van der Waals surface area (Å²) in [6.07, 6.45) is -12.0. The van der Waals surface area contributed by atoms with E-state index in [0.29, 0.717) is 23.2 Å². The van der Waals surface area contributed by atoms with Crippen LogP contribution in [0, 0.1) is 0 Å². The van der Waals surface area contributed by atoms with Gasteiger partial charge in [0.2, 0.25) is 0 Å². The van der Waals surface area contributed by atoms with Crippen molar-refractivity contribution in [2.24, 2.45) is 0 Å². The van der Waals surface area contributed by atoms with E-state index < -0.39 is 29.1 Å². The molecule has 0 aliphatic carbocycles. The molecule has 0 spiro atoms. The lowest BCUT2D eigenvalue weighted by molar-refractivity contribution is -0.376. The van der Waals surface area contributed by atoms with Crippen molar-refractivity contribution in [2.75, 3.05) is 0 Å². The summed E-state index contributed by atoms with van der Waals surface area (Å²) >= 11 is 0. The van der Waals surface area contributed by atoms with Gasteiger partial charge in [0.05, 0.1) is 16.6 Å². The Hall–Kier alpha value is -3.86. The van der Waals surface area contributed by atoms with Gasteiger partial charge < -0.3 is 10.2 Å². The summed E-state index contributed by atoms with van der Waals surface area (Å²) in [6.45, 7) is 0. The number of halogens is 6. The Morgan fingerprint density at radius 1 is 0.829 bits per heavy atom. The third-order valence-electron chi connectivity index (χ3n) is 5.48. The van der Waals surface area contributed by atoms with Gasteiger partial charge >= 0.3 is 12.4 Å². The third kappa shape index (κ3) is 4.23. The van der Waals surface area contributed by atoms with E-state index in [1.54, 1.807) is 30.3 Å². The molecule has 182 valence electrons. The SMILES string of the molecule is O=c1c2ccccc2nc(Cc2cccc(O)c2)n1-c1ccc(C(O)(C(F)(F)F)C(F)(F)F)cc1. The zero-order chi connectivity index (χ0) is 25.6. The number of phenols is 1. The van der Waals surface area contributed by atoms with Crippen molar-refractivity contribution < 1.29 is 36.6 Å². The van der Waals surface area contributed by atoms with Gasteiger partial charge in [-0.2, -0.15) is 26.3 Å². The quantitative estimate of drug-likeness (QED) is 0.392. The van der Waals surface area contributed by atoms with Crippen LogP contribution in [0.3, 0.4) is 0 Å². The molecule has 0 amide bonds. The second kappa shape index (κ2) is 8.42. The van der Waals surface area contributed by atoms with Crippen LogP contribution in [0.5, 0.6) is 5.75 Å². The number of fused-ring (bicyclic) bond motifs is 1. The topological polar surface area (TPSA) is 75.3 Å². The predicted molar refractivity (Wildman–Crippen MR) is 114 cm³/mol. The van der Waals surface area contributed by atoms with Crippen molar-refractivity contribution in [3.63, 3.8) is 0 Å². The Morgan fingerprint density at radius 3 is 2.06 bits per heavy atom. The highest BCUT2D eigenvalue weighted by Gasteiger charge is 2.71. The lowest BCUT2D eigenvalue weighted by Crippen LogP contribution is -2.53. The lowest BCUT2D eigenvalue weighted by atomic mass is 9.92. The molecular weight excluding hydrogens is 478 g/mol. The molecule has 0 aliphatic rings. The maximum absolute atomic E-state index is 13.3. The van der Waals surface area contributed by atoms with Gasteiger partial charge in [0.15, 0.2) is 0 Å². The molecule has 1 heterocycles. The van der Waals surface area contributed by atoms with Crippen LogP contribution in [0.25, 0.3) is 16.6 Å². The summed E-state index contributed by atoms with van der Waals surface area (Å²) in [5.41, 5.74) is -6.29. The van der Waals surface area contributed by atoms with E-state index in [1.165, 1.54) is 18.2 Å². The van der Waals surface area contributed by atoms with E-state index in [9.17, 15) is 41.4 Å². The maximum Gasteiger partial charge on any atom is 0.430 e. The van der Waals surface area contributed by atoms with Gasteiger partial charge in [-0.25, -0.2) is 4.98 Å². The second-order valence-electron chi connectivity index (χ2n) is 7.79. The molecule has 4 aromatic rings. The number of aromatic nitrogens is 2. The van der Waals surface area contributed by atoms with E-state index >= 15 is 0 Å². The summed E-state index contributed by atoms with van der Waals surface area (Å²) in [7, 11) is 0. The number of benzene rings is 3. The van der Waals surface area contributed by atoms with Gasteiger partial charge in [0, 0.05) is 12.0 Å². The molecule has 3 aromatic carbocycles. The minimum absolute atomic E-state index is 0.0191. The van der Waals surface area contributed by atoms with E-state index in [4.69, 9.17) is 0 Å². The number of hydrogen-bond acceptors (Lipinski definition) is 4. The number of rotatable bonds is 4. The number of nitrogens with zero attached hydrogens (tertiary/aromatic N) is 2. The molecule has 2 N–H and O–H groups in total. The van der Waals surface area contributed by atoms with Crippen LogP contribution in [0.2, 0.25) is 0 Å². The summed E-state index contributed by atoms with van der Waals surface area (Å²) in [5, 5.41) is 19.6. The molecule has 0 radical (unpaired) electrons. The molecule has 0 atom stereocenters. The molecule has 0 aliphatic heterocycles. The van der Waals surface area contributed by atoms with Crippen LogP contribution in [0.1, 0.15) is 17.0 Å². The van der Waals surface area contributed by atoms with Crippen LogP contribution >= 0.6 is 0 Å². The smallest absolute Gasteiger partial charge is 0.430 e. The van der Waals surface area contributed by atoms with Gasteiger partial charge in [-0.1, -0.05) is 36.4 Å². The van der Waals surface area contributed by atoms with Crippen LogP contribution in [-0.2, 0) is 12.0 Å². The van der Waals surface area contributed by atoms with Gasteiger partial charge in [0.25, 0.3) is 11.2 Å². The fourth-order valence-electron chi connectivity index (χ4n) is 3.75. The highest BCUT2D eigenvalue weighted by atomic mass is 19.4. The van der Waals surface area contributed by atoms with E-state index in [0.717, 1.165) is 16.7 Å². The van der Waals surface area contributed by atoms with E-state index in [-0.39, 0.29) is 29.1 Å². The molecule has 4 rings (SSSR count). The summed E-state index contributed by atoms with van der Waals surface area (Å²) in [6, 6.07) is 15.1. The van der Waals surface area contributed by atoms with Crippen molar-refractivity contribution in [1.29, 1.82) is 0 Å². The Labute approximate surface area is 193 Å². The van der Waals surface area contributed by atoms with Crippen LogP contribution < -0.4 is 5.56 Å². The first-order chi connectivity index (χ1) is 16.3. The first-order valence-corrected chi connectivity index (χ1v) is 10.1. The van der Waals surface area contributed by atoms with Gasteiger partial charge in [-0.3, -0.25) is 9.36 Å². The minimum atomic E-state index is -6.03. The molecule has 0 bridgehead atoms. The number of aromatic hydroxyl groups is 1. The molecule has 0 saturated carbocycles. The van der Waals surface area contributed by atoms with Crippen molar-refractivity contribution in [3.8, 4) is 11.4 Å². The minimum Gasteiger partial charge on any atom is -0.508 e. The summed E-state index contributed by atoms with van der Waals surface area (Å²) < 4.78 is 80.5. The van der Waals surface area contributed by atoms with E-state index in [2.05, 4.69) is 4.98 Å². The first kappa shape index (κ1) is 24.3. The molecule has 0 saturated heterocycles. The molecule has 0 unspecified atom stereocenters. The monoisotopic (exact) mass is 494 g/mol. The first-order valence-electron chi connectivity index (χ1n) is 10.1. The summed E-state index contributed by atoms with van der Waals surface area (Å²) in [4.78, 5) is 17.7. The zero-order valence-corrected chi connectivity index (χ0v) is 17.6. The standard InChI is InChI=1S/C24H16F6N2O3/c25-23(26,27)22(35,24(28,29)30)15-8-10-16(11-9-15)32-20(13-14-4-3-5-17(33)12-14)31-19-7-2-1-6-18(19)21(32)34/h1-12,33,35H,13H2. The number of phenolic OH excluding ortho intramolecular Hbond substituents is 1. The second-order valence-corrected chi connectivity index (χ2v) is 7.79. The van der Waals surface area contributed by atoms with Crippen molar-refractivity contribution in [3.05, 3.63) is 100 Å². The number of aliphatic hydroxyl groups is 1. The fraction of sp³-hybridized carbons (Fsp3) is 0.167. The van der Waals surface area contributed by atoms with Crippen molar-refractivity contribution in [1.82, 2.24) is 9.55 Å². The Bertz CT molecular complexity index is 1430. The van der Waals surface area contributed by atoms with E-state index in [1.807, 2.05) is 0 Å². The average molecular weight is 494 g/mol. The molecule has 35 heavy (non-hydrogen) atoms. The molecule has 0 fully saturated rings. The summed E-state index contributed by atoms with van der Waals surface area (Å²) in [5.74, 6) is 0.0917. The molecule has 11 heteroatoms. The number of alkyl halides is 6. The lowest BCUT2D eigenvalue weighted by Gasteiger charge is -2.32. The largest absolute Gasteiger partial charge is 0.508 e. The molecular formula is C24H16F6N2O3. The maximum atomic E-state index is 13.3. The Kier molecular flexibility index (Phi) is 5.84. The van der Waals surface area contributed by atoms with Gasteiger partial charge in [-0.05, 0) is 42.0 Å². The van der Waals surface area contributed by atoms with Crippen molar-refractivity contribution >= 4 is 10.9 Å². The van der Waals surface area contributed by atoms with Gasteiger partial charge in [-0.15, -0.1) is 0 Å². The van der Waals surface area contributed by atoms with Crippen LogP contribution in [-0.4, -0.2) is 32.1 Å². The zero-order valence-electron chi connectivity index (χ0n) is 17.6. The van der Waals surface area contributed by atoms with Crippen LogP contribution in [0.15, 0.2) is 77.6 Å². The normalized spacial score (nSPS) is 12.8. The van der Waals surface area contributed by atoms with Crippen LogP contribution in [0.4, 0.5) is 26.3 Å². The molecule has 1 aromatic heterocycles. The number of hydrogen-bond donors (Lipinski definition) is 2. The Morgan fingerprint density at radius 2 is 1.46 bits per heavy atom. The molecule has 5 nitrogen and oxygen atoms in total. The third-order valence-corrected chi connectivity index (χ3v) is 5.48.